The van der Waals surface area contributed by atoms with Crippen LogP contribution in [0.15, 0.2) is 70.0 Å². The molecule has 8 heteroatoms. The van der Waals surface area contributed by atoms with Crippen LogP contribution in [0.1, 0.15) is 52.2 Å². The zero-order valence-corrected chi connectivity index (χ0v) is 19.2. The van der Waals surface area contributed by atoms with Gasteiger partial charge in [0, 0.05) is 17.8 Å². The number of nitrogens with one attached hydrogen (secondary N) is 1. The topological polar surface area (TPSA) is 103 Å². The standard InChI is InChI=1S/C26H25N3O5/c1-4-21(18-8-6-5-7-9-18)25(31)28-22-13-19(11-10-16(22)2)26(32)33-15-20-14-24(30)29-23(27-20)12-17(3)34-29/h5-14,21H,4,15H2,1-3H3,(H,28,31)/t21-/m1/s1. The van der Waals surface area contributed by atoms with Crippen molar-refractivity contribution in [3.05, 3.63) is 99.2 Å². The first kappa shape index (κ1) is 23.0. The Hall–Kier alpha value is -4.20. The third kappa shape index (κ3) is 4.91. The van der Waals surface area contributed by atoms with E-state index in [1.165, 1.54) is 6.07 Å². The van der Waals surface area contributed by atoms with E-state index in [4.69, 9.17) is 9.26 Å². The minimum absolute atomic E-state index is 0.143. The average molecular weight is 460 g/mol. The molecule has 0 unspecified atom stereocenters. The Balaban J connectivity index is 1.47. The van der Waals surface area contributed by atoms with Crippen LogP contribution >= 0.6 is 0 Å². The van der Waals surface area contributed by atoms with E-state index in [1.54, 1.807) is 31.2 Å². The van der Waals surface area contributed by atoms with Gasteiger partial charge in [0.25, 0.3) is 5.56 Å². The molecule has 0 aliphatic rings. The molecule has 0 bridgehead atoms. The molecular weight excluding hydrogens is 434 g/mol. The number of benzene rings is 2. The number of hydrogen-bond acceptors (Lipinski definition) is 6. The van der Waals surface area contributed by atoms with Gasteiger partial charge in [0.1, 0.15) is 12.4 Å². The summed E-state index contributed by atoms with van der Waals surface area (Å²) in [5.74, 6) is -0.486. The Kier molecular flexibility index (Phi) is 6.58. The summed E-state index contributed by atoms with van der Waals surface area (Å²) in [6.07, 6.45) is 0.643. The molecule has 2 aromatic carbocycles. The van der Waals surface area contributed by atoms with Crippen molar-refractivity contribution in [3.8, 4) is 0 Å². The predicted octanol–water partition coefficient (Wildman–Crippen LogP) is 4.39. The monoisotopic (exact) mass is 459 g/mol. The molecule has 0 saturated heterocycles. The first-order valence-electron chi connectivity index (χ1n) is 11.0. The van der Waals surface area contributed by atoms with Crippen molar-refractivity contribution in [1.29, 1.82) is 0 Å². The van der Waals surface area contributed by atoms with Crippen molar-refractivity contribution >= 4 is 23.2 Å². The fourth-order valence-corrected chi connectivity index (χ4v) is 3.73. The van der Waals surface area contributed by atoms with Crippen LogP contribution in [0.5, 0.6) is 0 Å². The van der Waals surface area contributed by atoms with Gasteiger partial charge in [0.2, 0.25) is 5.91 Å². The van der Waals surface area contributed by atoms with Crippen molar-refractivity contribution < 1.29 is 18.8 Å². The summed E-state index contributed by atoms with van der Waals surface area (Å²) >= 11 is 0. The van der Waals surface area contributed by atoms with Gasteiger partial charge in [-0.15, -0.1) is 4.57 Å². The molecule has 8 nitrogen and oxygen atoms in total. The number of esters is 1. The van der Waals surface area contributed by atoms with Gasteiger partial charge in [-0.1, -0.05) is 43.3 Å². The van der Waals surface area contributed by atoms with E-state index in [0.29, 0.717) is 29.2 Å². The van der Waals surface area contributed by atoms with Gasteiger partial charge < -0.3 is 14.6 Å². The summed E-state index contributed by atoms with van der Waals surface area (Å²) in [5, 5.41) is 2.95. The first-order chi connectivity index (χ1) is 16.4. The van der Waals surface area contributed by atoms with Gasteiger partial charge >= 0.3 is 5.97 Å². The van der Waals surface area contributed by atoms with Crippen LogP contribution in [0.25, 0.3) is 5.65 Å². The third-order valence-electron chi connectivity index (χ3n) is 5.53. The largest absolute Gasteiger partial charge is 0.456 e. The highest BCUT2D eigenvalue weighted by Gasteiger charge is 2.20. The second kappa shape index (κ2) is 9.74. The van der Waals surface area contributed by atoms with E-state index in [0.717, 1.165) is 15.7 Å². The number of rotatable bonds is 7. The van der Waals surface area contributed by atoms with Crippen LogP contribution in [0.3, 0.4) is 0 Å². The molecule has 1 N–H and O–H groups in total. The molecule has 4 aromatic rings. The summed E-state index contributed by atoms with van der Waals surface area (Å²) in [6.45, 7) is 5.36. The van der Waals surface area contributed by atoms with Crippen molar-refractivity contribution in [2.45, 2.75) is 39.7 Å². The lowest BCUT2D eigenvalue weighted by molar-refractivity contribution is -0.117. The number of carbonyl (C=O) groups excluding carboxylic acids is 2. The zero-order valence-electron chi connectivity index (χ0n) is 19.2. The first-order valence-corrected chi connectivity index (χ1v) is 11.0. The SMILES string of the molecule is CC[C@@H](C(=O)Nc1cc(C(=O)OCc2cc(=O)n3oc(C)cc3n2)ccc1C)c1ccccc1. The molecule has 2 heterocycles. The molecule has 0 saturated carbocycles. The lowest BCUT2D eigenvalue weighted by Gasteiger charge is -2.17. The lowest BCUT2D eigenvalue weighted by Crippen LogP contribution is -2.21. The second-order valence-electron chi connectivity index (χ2n) is 8.05. The van der Waals surface area contributed by atoms with Gasteiger partial charge in [0.05, 0.1) is 17.2 Å². The number of aryl methyl sites for hydroxylation is 2. The fourth-order valence-electron chi connectivity index (χ4n) is 3.73. The quantitative estimate of drug-likeness (QED) is 0.411. The number of anilines is 1. The summed E-state index contributed by atoms with van der Waals surface area (Å²) in [7, 11) is 0. The summed E-state index contributed by atoms with van der Waals surface area (Å²) in [6, 6.07) is 17.4. The maximum Gasteiger partial charge on any atom is 0.338 e. The van der Waals surface area contributed by atoms with Crippen LogP contribution < -0.4 is 10.9 Å². The van der Waals surface area contributed by atoms with E-state index in [9.17, 15) is 14.4 Å². The fraction of sp³-hybridized carbons (Fsp3) is 0.231. The number of carbonyl (C=O) groups is 2. The van der Waals surface area contributed by atoms with Crippen molar-refractivity contribution in [2.24, 2.45) is 0 Å². The molecule has 1 amide bonds. The van der Waals surface area contributed by atoms with Crippen LogP contribution in [0, 0.1) is 13.8 Å². The highest BCUT2D eigenvalue weighted by molar-refractivity contribution is 5.98. The van der Waals surface area contributed by atoms with Crippen LogP contribution in [0.2, 0.25) is 0 Å². The Morgan fingerprint density at radius 2 is 1.85 bits per heavy atom. The van der Waals surface area contributed by atoms with Crippen molar-refractivity contribution in [2.75, 3.05) is 5.32 Å². The molecule has 1 atom stereocenters. The van der Waals surface area contributed by atoms with E-state index < -0.39 is 11.5 Å². The van der Waals surface area contributed by atoms with Crippen molar-refractivity contribution in [1.82, 2.24) is 9.56 Å². The normalized spacial score (nSPS) is 11.9. The van der Waals surface area contributed by atoms with Crippen LogP contribution in [0.4, 0.5) is 5.69 Å². The van der Waals surface area contributed by atoms with Gasteiger partial charge in [-0.25, -0.2) is 9.78 Å². The second-order valence-corrected chi connectivity index (χ2v) is 8.05. The van der Waals surface area contributed by atoms with Crippen LogP contribution in [-0.4, -0.2) is 21.4 Å². The van der Waals surface area contributed by atoms with Crippen molar-refractivity contribution in [3.63, 3.8) is 0 Å². The van der Waals surface area contributed by atoms with E-state index >= 15 is 0 Å². The smallest absolute Gasteiger partial charge is 0.338 e. The highest BCUT2D eigenvalue weighted by atomic mass is 16.5. The molecule has 0 aliphatic heterocycles. The molecule has 34 heavy (non-hydrogen) atoms. The zero-order chi connectivity index (χ0) is 24.2. The molecular formula is C26H25N3O5. The van der Waals surface area contributed by atoms with E-state index in [-0.39, 0.29) is 24.0 Å². The summed E-state index contributed by atoms with van der Waals surface area (Å²) in [5.41, 5.74) is 2.85. The number of amides is 1. The number of fused-ring (bicyclic) bond motifs is 1. The number of ether oxygens (including phenoxy) is 1. The Labute approximate surface area is 196 Å². The Morgan fingerprint density at radius 3 is 2.59 bits per heavy atom. The van der Waals surface area contributed by atoms with E-state index in [1.807, 2.05) is 44.2 Å². The maximum atomic E-state index is 13.0. The molecule has 0 spiro atoms. The average Bonchev–Trinajstić information content (AvgIpc) is 3.21. The molecule has 4 rings (SSSR count). The molecule has 2 aromatic heterocycles. The molecule has 0 radical (unpaired) electrons. The molecule has 174 valence electrons. The maximum absolute atomic E-state index is 13.0. The molecule has 0 aliphatic carbocycles. The number of hydrogen-bond donors (Lipinski definition) is 1. The van der Waals surface area contributed by atoms with Gasteiger partial charge in [-0.05, 0) is 43.5 Å². The predicted molar refractivity (Wildman–Crippen MR) is 127 cm³/mol. The lowest BCUT2D eigenvalue weighted by atomic mass is 9.95. The number of nitrogens with zero attached hydrogens (tertiary/aromatic N) is 2. The minimum atomic E-state index is -0.587. The minimum Gasteiger partial charge on any atom is -0.456 e. The van der Waals surface area contributed by atoms with Gasteiger partial charge in [0.15, 0.2) is 5.65 Å². The van der Waals surface area contributed by atoms with E-state index in [2.05, 4.69) is 10.3 Å². The summed E-state index contributed by atoms with van der Waals surface area (Å²) < 4.78 is 11.7. The Morgan fingerprint density at radius 1 is 1.09 bits per heavy atom. The van der Waals surface area contributed by atoms with Crippen LogP contribution in [-0.2, 0) is 16.1 Å². The molecule has 0 fully saturated rings. The Bertz CT molecular complexity index is 1410. The van der Waals surface area contributed by atoms with Gasteiger partial charge in [-0.3, -0.25) is 9.59 Å². The van der Waals surface area contributed by atoms with Gasteiger partial charge in [-0.2, -0.15) is 0 Å². The number of aromatic nitrogens is 2. The third-order valence-corrected chi connectivity index (χ3v) is 5.53. The highest BCUT2D eigenvalue weighted by Crippen LogP contribution is 2.24. The summed E-state index contributed by atoms with van der Waals surface area (Å²) in [4.78, 5) is 42.1.